The summed E-state index contributed by atoms with van der Waals surface area (Å²) in [5.74, 6) is -0.801. The summed E-state index contributed by atoms with van der Waals surface area (Å²) in [6, 6.07) is 17.4. The van der Waals surface area contributed by atoms with E-state index in [0.29, 0.717) is 23.5 Å². The zero-order valence-corrected chi connectivity index (χ0v) is 22.2. The molecule has 1 aliphatic carbocycles. The van der Waals surface area contributed by atoms with Gasteiger partial charge in [-0.25, -0.2) is 9.37 Å². The van der Waals surface area contributed by atoms with E-state index in [1.807, 2.05) is 31.2 Å². The van der Waals surface area contributed by atoms with Crippen molar-refractivity contribution in [3.8, 4) is 0 Å². The van der Waals surface area contributed by atoms with Gasteiger partial charge in [0.15, 0.2) is 0 Å². The summed E-state index contributed by atoms with van der Waals surface area (Å²) in [6.45, 7) is 1.95. The fraction of sp³-hybridized carbons (Fsp3) is 0.355. The van der Waals surface area contributed by atoms with Gasteiger partial charge in [0.25, 0.3) is 0 Å². The number of aryl methyl sites for hydroxylation is 1. The molecule has 3 aromatic rings. The van der Waals surface area contributed by atoms with Crippen LogP contribution in [0.5, 0.6) is 0 Å². The molecule has 0 spiro atoms. The van der Waals surface area contributed by atoms with Gasteiger partial charge in [-0.15, -0.1) is 0 Å². The van der Waals surface area contributed by atoms with E-state index in [2.05, 4.69) is 15.6 Å². The third kappa shape index (κ3) is 7.96. The first-order valence-electron chi connectivity index (χ1n) is 13.6. The summed E-state index contributed by atoms with van der Waals surface area (Å²) < 4.78 is 13.8. The second-order valence-corrected chi connectivity index (χ2v) is 10.0. The fourth-order valence-electron chi connectivity index (χ4n) is 4.89. The Bertz CT molecular complexity index is 1240. The van der Waals surface area contributed by atoms with Gasteiger partial charge in [0.05, 0.1) is 0 Å². The number of pyridine rings is 1. The molecule has 0 saturated heterocycles. The molecule has 1 unspecified atom stereocenters. The Hall–Kier alpha value is -4.07. The van der Waals surface area contributed by atoms with Gasteiger partial charge >= 0.3 is 0 Å². The molecule has 1 atom stereocenters. The van der Waals surface area contributed by atoms with Gasteiger partial charge < -0.3 is 10.6 Å². The number of hydrogen-bond acceptors (Lipinski definition) is 4. The van der Waals surface area contributed by atoms with Gasteiger partial charge in [0.2, 0.25) is 17.7 Å². The molecule has 1 aromatic heterocycles. The smallest absolute Gasteiger partial charge is 0.248 e. The maximum absolute atomic E-state index is 13.8. The molecule has 204 valence electrons. The number of nitrogens with zero attached hydrogens (tertiary/aromatic N) is 2. The number of halogens is 1. The molecule has 8 heteroatoms. The summed E-state index contributed by atoms with van der Waals surface area (Å²) in [7, 11) is 0. The second-order valence-electron chi connectivity index (χ2n) is 10.0. The van der Waals surface area contributed by atoms with Crippen molar-refractivity contribution in [3.05, 3.63) is 89.9 Å². The molecular formula is C31H35FN4O3. The number of carbonyl (C=O) groups excluding carboxylic acids is 3. The maximum atomic E-state index is 13.8. The number of benzene rings is 2. The standard InChI is InChI=1S/C31H35FN4O3/c1-22-13-19-26(20-14-22)36(29(38)12-7-11-28(37)35-27-10-5-6-21-33-27)30(23-15-17-24(32)18-16-23)31(39)34-25-8-3-2-4-9-25/h5-6,10,13-21,25,30H,2-4,7-9,11-12H2,1H3,(H,34,39)(H,33,35,37). The van der Waals surface area contributed by atoms with E-state index >= 15 is 0 Å². The highest BCUT2D eigenvalue weighted by Gasteiger charge is 2.34. The third-order valence-electron chi connectivity index (χ3n) is 6.95. The minimum Gasteiger partial charge on any atom is -0.351 e. The van der Waals surface area contributed by atoms with Crippen molar-refractivity contribution < 1.29 is 18.8 Å². The molecule has 0 aliphatic heterocycles. The molecule has 7 nitrogen and oxygen atoms in total. The van der Waals surface area contributed by atoms with Crippen LogP contribution in [-0.4, -0.2) is 28.7 Å². The topological polar surface area (TPSA) is 91.4 Å². The zero-order chi connectivity index (χ0) is 27.6. The zero-order valence-electron chi connectivity index (χ0n) is 22.2. The Morgan fingerprint density at radius 1 is 0.949 bits per heavy atom. The lowest BCUT2D eigenvalue weighted by molar-refractivity contribution is -0.127. The van der Waals surface area contributed by atoms with Crippen LogP contribution in [0.4, 0.5) is 15.9 Å². The second kappa shape index (κ2) is 13.6. The Labute approximate surface area is 228 Å². The van der Waals surface area contributed by atoms with E-state index < -0.39 is 11.9 Å². The largest absolute Gasteiger partial charge is 0.351 e. The molecule has 39 heavy (non-hydrogen) atoms. The summed E-state index contributed by atoms with van der Waals surface area (Å²) >= 11 is 0. The van der Waals surface area contributed by atoms with Gasteiger partial charge in [0.1, 0.15) is 17.7 Å². The molecule has 3 amide bonds. The first kappa shape index (κ1) is 28.0. The number of hydrogen-bond donors (Lipinski definition) is 2. The van der Waals surface area contributed by atoms with E-state index in [1.165, 1.54) is 17.0 Å². The maximum Gasteiger partial charge on any atom is 0.248 e. The molecule has 0 radical (unpaired) electrons. The van der Waals surface area contributed by atoms with E-state index in [-0.39, 0.29) is 36.6 Å². The summed E-state index contributed by atoms with van der Waals surface area (Å²) in [6.07, 6.45) is 7.10. The number of rotatable bonds is 10. The number of amides is 3. The van der Waals surface area contributed by atoms with Crippen LogP contribution in [0.25, 0.3) is 0 Å². The third-order valence-corrected chi connectivity index (χ3v) is 6.95. The van der Waals surface area contributed by atoms with Crippen LogP contribution in [-0.2, 0) is 14.4 Å². The number of nitrogens with one attached hydrogen (secondary N) is 2. The van der Waals surface area contributed by atoms with Crippen molar-refractivity contribution in [1.29, 1.82) is 0 Å². The van der Waals surface area contributed by atoms with E-state index in [1.54, 1.807) is 36.5 Å². The molecule has 1 aliphatic rings. The van der Waals surface area contributed by atoms with Crippen LogP contribution >= 0.6 is 0 Å². The molecule has 0 bridgehead atoms. The Balaban J connectivity index is 1.56. The molecule has 1 saturated carbocycles. The lowest BCUT2D eigenvalue weighted by Gasteiger charge is -2.33. The lowest BCUT2D eigenvalue weighted by atomic mass is 9.94. The molecule has 2 N–H and O–H groups in total. The molecule has 4 rings (SSSR count). The number of carbonyl (C=O) groups is 3. The normalized spacial score (nSPS) is 14.3. The van der Waals surface area contributed by atoms with Crippen LogP contribution in [0.3, 0.4) is 0 Å². The van der Waals surface area contributed by atoms with Crippen molar-refractivity contribution in [2.24, 2.45) is 0 Å². The number of aromatic nitrogens is 1. The fourth-order valence-corrected chi connectivity index (χ4v) is 4.89. The average Bonchev–Trinajstić information content (AvgIpc) is 2.94. The van der Waals surface area contributed by atoms with Crippen LogP contribution < -0.4 is 15.5 Å². The SMILES string of the molecule is Cc1ccc(N(C(=O)CCCC(=O)Nc2ccccn2)C(C(=O)NC2CCCCC2)c2ccc(F)cc2)cc1. The lowest BCUT2D eigenvalue weighted by Crippen LogP contribution is -2.47. The Morgan fingerprint density at radius 2 is 1.67 bits per heavy atom. The first-order chi connectivity index (χ1) is 18.9. The highest BCUT2D eigenvalue weighted by molar-refractivity contribution is 6.01. The van der Waals surface area contributed by atoms with Gasteiger partial charge in [-0.2, -0.15) is 0 Å². The minimum atomic E-state index is -0.981. The van der Waals surface area contributed by atoms with Crippen LogP contribution in [0.15, 0.2) is 72.9 Å². The quantitative estimate of drug-likeness (QED) is 0.343. The van der Waals surface area contributed by atoms with E-state index in [9.17, 15) is 18.8 Å². The Kier molecular flexibility index (Phi) is 9.78. The summed E-state index contributed by atoms with van der Waals surface area (Å²) in [4.78, 5) is 45.6. The van der Waals surface area contributed by atoms with Crippen molar-refractivity contribution in [2.75, 3.05) is 10.2 Å². The monoisotopic (exact) mass is 530 g/mol. The first-order valence-corrected chi connectivity index (χ1v) is 13.6. The van der Waals surface area contributed by atoms with Gasteiger partial charge in [-0.1, -0.05) is 55.2 Å². The molecular weight excluding hydrogens is 495 g/mol. The summed E-state index contributed by atoms with van der Waals surface area (Å²) in [5, 5.41) is 5.88. The van der Waals surface area contributed by atoms with Crippen molar-refractivity contribution in [2.45, 2.75) is 70.4 Å². The van der Waals surface area contributed by atoms with E-state index in [0.717, 1.165) is 37.7 Å². The molecule has 1 fully saturated rings. The van der Waals surface area contributed by atoms with Crippen molar-refractivity contribution in [1.82, 2.24) is 10.3 Å². The number of anilines is 2. The van der Waals surface area contributed by atoms with E-state index in [4.69, 9.17) is 0 Å². The van der Waals surface area contributed by atoms with Crippen molar-refractivity contribution >= 4 is 29.2 Å². The molecule has 2 aromatic carbocycles. The highest BCUT2D eigenvalue weighted by atomic mass is 19.1. The predicted molar refractivity (Wildman–Crippen MR) is 150 cm³/mol. The average molecular weight is 531 g/mol. The Morgan fingerprint density at radius 3 is 2.33 bits per heavy atom. The van der Waals surface area contributed by atoms with Gasteiger partial charge in [-0.3, -0.25) is 19.3 Å². The van der Waals surface area contributed by atoms with Gasteiger partial charge in [-0.05, 0) is 68.1 Å². The molecule has 1 heterocycles. The van der Waals surface area contributed by atoms with Crippen LogP contribution in [0.2, 0.25) is 0 Å². The van der Waals surface area contributed by atoms with Crippen LogP contribution in [0, 0.1) is 12.7 Å². The predicted octanol–water partition coefficient (Wildman–Crippen LogP) is 5.86. The minimum absolute atomic E-state index is 0.0412. The van der Waals surface area contributed by atoms with Gasteiger partial charge in [0, 0.05) is 30.8 Å². The van der Waals surface area contributed by atoms with Crippen molar-refractivity contribution in [3.63, 3.8) is 0 Å². The summed E-state index contributed by atoms with van der Waals surface area (Å²) in [5.41, 5.74) is 2.10. The highest BCUT2D eigenvalue weighted by Crippen LogP contribution is 2.30. The van der Waals surface area contributed by atoms with Crippen LogP contribution in [0.1, 0.15) is 68.5 Å².